The zero-order chi connectivity index (χ0) is 21.4. The van der Waals surface area contributed by atoms with Crippen molar-refractivity contribution in [2.45, 2.75) is 13.0 Å². The average Bonchev–Trinajstić information content (AvgIpc) is 2.74. The first-order valence-corrected chi connectivity index (χ1v) is 9.29. The Morgan fingerprint density at radius 2 is 1.87 bits per heavy atom. The van der Waals surface area contributed by atoms with E-state index in [4.69, 9.17) is 0 Å². The van der Waals surface area contributed by atoms with Crippen LogP contribution in [0.2, 0.25) is 0 Å². The van der Waals surface area contributed by atoms with Crippen LogP contribution in [-0.4, -0.2) is 35.1 Å². The maximum Gasteiger partial charge on any atom is 0.335 e. The van der Waals surface area contributed by atoms with Crippen LogP contribution in [0.3, 0.4) is 0 Å². The van der Waals surface area contributed by atoms with Crippen LogP contribution < -0.4 is 15.1 Å². The van der Waals surface area contributed by atoms with E-state index in [-0.39, 0.29) is 17.3 Å². The van der Waals surface area contributed by atoms with Gasteiger partial charge in [0.05, 0.1) is 11.3 Å². The molecule has 1 unspecified atom stereocenters. The summed E-state index contributed by atoms with van der Waals surface area (Å²) in [5.41, 5.74) is 1.99. The molecule has 2 heterocycles. The molecular formula is C22H19FN4O3. The van der Waals surface area contributed by atoms with E-state index in [1.807, 2.05) is 0 Å². The van der Waals surface area contributed by atoms with Gasteiger partial charge in [-0.1, -0.05) is 6.07 Å². The highest BCUT2D eigenvalue weighted by molar-refractivity contribution is 6.06. The molecule has 30 heavy (non-hydrogen) atoms. The highest BCUT2D eigenvalue weighted by Gasteiger charge is 2.35. The number of aromatic carboxylic acids is 1. The van der Waals surface area contributed by atoms with E-state index in [9.17, 15) is 19.1 Å². The molecule has 152 valence electrons. The molecule has 0 bridgehead atoms. The van der Waals surface area contributed by atoms with E-state index in [0.717, 1.165) is 0 Å². The Hall–Kier alpha value is -3.94. The minimum Gasteiger partial charge on any atom is -0.478 e. The number of pyridine rings is 1. The van der Waals surface area contributed by atoms with Gasteiger partial charge in [-0.15, -0.1) is 0 Å². The van der Waals surface area contributed by atoms with Gasteiger partial charge in [0, 0.05) is 18.4 Å². The number of halogens is 1. The number of likely N-dealkylation sites (N-methyl/N-ethyl adjacent to an activating group) is 1. The Balaban J connectivity index is 1.76. The molecule has 2 N–H and O–H groups in total. The molecule has 4 rings (SSSR count). The summed E-state index contributed by atoms with van der Waals surface area (Å²) in [5, 5.41) is 12.3. The normalized spacial score (nSPS) is 15.7. The zero-order valence-electron chi connectivity index (χ0n) is 16.3. The van der Waals surface area contributed by atoms with Gasteiger partial charge in [-0.05, 0) is 61.5 Å². The van der Waals surface area contributed by atoms with Crippen LogP contribution in [0.15, 0.2) is 60.7 Å². The SMILES string of the molecule is CC1C(=O)N(C)c2ccc(Nc3cccc(C(=O)O)c3)nc2N1c1ccc(F)cc1. The van der Waals surface area contributed by atoms with Gasteiger partial charge < -0.3 is 20.2 Å². The van der Waals surface area contributed by atoms with Gasteiger partial charge in [-0.25, -0.2) is 14.2 Å². The number of rotatable bonds is 4. The second-order valence-electron chi connectivity index (χ2n) is 6.97. The molecular weight excluding hydrogens is 387 g/mol. The van der Waals surface area contributed by atoms with E-state index in [0.29, 0.717) is 28.7 Å². The van der Waals surface area contributed by atoms with Gasteiger partial charge in [0.2, 0.25) is 5.91 Å². The molecule has 0 aliphatic carbocycles. The topological polar surface area (TPSA) is 85.8 Å². The number of nitrogens with zero attached hydrogens (tertiary/aromatic N) is 3. The predicted molar refractivity (Wildman–Crippen MR) is 112 cm³/mol. The third-order valence-corrected chi connectivity index (χ3v) is 5.01. The van der Waals surface area contributed by atoms with Gasteiger partial charge in [-0.3, -0.25) is 4.79 Å². The fourth-order valence-corrected chi connectivity index (χ4v) is 3.47. The average molecular weight is 406 g/mol. The van der Waals surface area contributed by atoms with Crippen molar-refractivity contribution >= 4 is 40.6 Å². The summed E-state index contributed by atoms with van der Waals surface area (Å²) >= 11 is 0. The van der Waals surface area contributed by atoms with Crippen molar-refractivity contribution < 1.29 is 19.1 Å². The minimum atomic E-state index is -1.02. The van der Waals surface area contributed by atoms with Crippen molar-refractivity contribution in [1.29, 1.82) is 0 Å². The summed E-state index contributed by atoms with van der Waals surface area (Å²) in [6.45, 7) is 1.77. The number of carboxylic acids is 1. The number of hydrogen-bond acceptors (Lipinski definition) is 5. The van der Waals surface area contributed by atoms with Gasteiger partial charge >= 0.3 is 5.97 Å². The third kappa shape index (κ3) is 3.43. The quantitative estimate of drug-likeness (QED) is 0.677. The highest BCUT2D eigenvalue weighted by Crippen LogP contribution is 2.39. The monoisotopic (exact) mass is 406 g/mol. The molecule has 1 aromatic heterocycles. The molecule has 1 amide bonds. The fourth-order valence-electron chi connectivity index (χ4n) is 3.47. The second kappa shape index (κ2) is 7.47. The summed E-state index contributed by atoms with van der Waals surface area (Å²) in [7, 11) is 1.69. The number of amides is 1. The maximum atomic E-state index is 13.4. The lowest BCUT2D eigenvalue weighted by Crippen LogP contribution is -2.49. The number of fused-ring (bicyclic) bond motifs is 1. The molecule has 0 saturated heterocycles. The Labute approximate surface area is 172 Å². The number of carboxylic acid groups (broad SMARTS) is 1. The molecule has 3 aromatic rings. The number of hydrogen-bond donors (Lipinski definition) is 2. The molecule has 0 spiro atoms. The molecule has 1 atom stereocenters. The van der Waals surface area contributed by atoms with E-state index in [1.165, 1.54) is 24.3 Å². The van der Waals surface area contributed by atoms with Gasteiger partial charge in [-0.2, -0.15) is 0 Å². The Bertz CT molecular complexity index is 1130. The largest absolute Gasteiger partial charge is 0.478 e. The van der Waals surface area contributed by atoms with Crippen LogP contribution in [-0.2, 0) is 4.79 Å². The first-order chi connectivity index (χ1) is 14.3. The molecule has 7 nitrogen and oxygen atoms in total. The highest BCUT2D eigenvalue weighted by atomic mass is 19.1. The molecule has 2 aromatic carbocycles. The number of aromatic nitrogens is 1. The second-order valence-corrected chi connectivity index (χ2v) is 6.97. The summed E-state index contributed by atoms with van der Waals surface area (Å²) in [6, 6.07) is 15.2. The number of nitrogens with one attached hydrogen (secondary N) is 1. The number of carbonyl (C=O) groups excluding carboxylic acids is 1. The predicted octanol–water partition coefficient (Wildman–Crippen LogP) is 4.17. The first kappa shape index (κ1) is 19.4. The van der Waals surface area contributed by atoms with E-state index < -0.39 is 12.0 Å². The number of benzene rings is 2. The molecule has 8 heteroatoms. The minimum absolute atomic E-state index is 0.108. The Kier molecular flexibility index (Phi) is 4.83. The molecule has 0 radical (unpaired) electrons. The van der Waals surface area contributed by atoms with E-state index >= 15 is 0 Å². The number of anilines is 5. The standard InChI is InChI=1S/C22H19FN4O3/c1-13-21(28)26(2)18-10-11-19(24-16-5-3-4-14(12-16)22(29)30)25-20(18)27(13)17-8-6-15(23)7-9-17/h3-13H,1-2H3,(H,24,25)(H,29,30). The Morgan fingerprint density at radius 3 is 2.57 bits per heavy atom. The van der Waals surface area contributed by atoms with Crippen molar-refractivity contribution in [1.82, 2.24) is 4.98 Å². The van der Waals surface area contributed by atoms with Crippen LogP contribution in [0.1, 0.15) is 17.3 Å². The van der Waals surface area contributed by atoms with Crippen molar-refractivity contribution in [3.63, 3.8) is 0 Å². The van der Waals surface area contributed by atoms with E-state index in [2.05, 4.69) is 10.3 Å². The van der Waals surface area contributed by atoms with E-state index in [1.54, 1.807) is 60.2 Å². The van der Waals surface area contributed by atoms with Gasteiger partial charge in [0.25, 0.3) is 0 Å². The van der Waals surface area contributed by atoms with Crippen molar-refractivity contribution in [2.75, 3.05) is 22.2 Å². The van der Waals surface area contributed by atoms with Crippen LogP contribution in [0.5, 0.6) is 0 Å². The third-order valence-electron chi connectivity index (χ3n) is 5.01. The number of carbonyl (C=O) groups is 2. The summed E-state index contributed by atoms with van der Waals surface area (Å²) in [4.78, 5) is 31.9. The lowest BCUT2D eigenvalue weighted by Gasteiger charge is -2.39. The molecule has 0 saturated carbocycles. The smallest absolute Gasteiger partial charge is 0.335 e. The van der Waals surface area contributed by atoms with Crippen LogP contribution >= 0.6 is 0 Å². The Morgan fingerprint density at radius 1 is 1.13 bits per heavy atom. The lowest BCUT2D eigenvalue weighted by atomic mass is 10.1. The van der Waals surface area contributed by atoms with Crippen LogP contribution in [0, 0.1) is 5.82 Å². The van der Waals surface area contributed by atoms with Crippen molar-refractivity contribution in [2.24, 2.45) is 0 Å². The molecule has 1 aliphatic heterocycles. The molecule has 1 aliphatic rings. The maximum absolute atomic E-state index is 13.4. The fraction of sp³-hybridized carbons (Fsp3) is 0.136. The molecule has 0 fully saturated rings. The van der Waals surface area contributed by atoms with Crippen LogP contribution in [0.4, 0.5) is 33.1 Å². The van der Waals surface area contributed by atoms with Gasteiger partial charge in [0.1, 0.15) is 17.7 Å². The summed E-state index contributed by atoms with van der Waals surface area (Å²) < 4.78 is 13.4. The van der Waals surface area contributed by atoms with Crippen molar-refractivity contribution in [3.05, 3.63) is 72.0 Å². The first-order valence-electron chi connectivity index (χ1n) is 9.29. The summed E-state index contributed by atoms with van der Waals surface area (Å²) in [6.07, 6.45) is 0. The van der Waals surface area contributed by atoms with Crippen molar-refractivity contribution in [3.8, 4) is 0 Å². The van der Waals surface area contributed by atoms with Crippen LogP contribution in [0.25, 0.3) is 0 Å². The van der Waals surface area contributed by atoms with Gasteiger partial charge in [0.15, 0.2) is 5.82 Å². The zero-order valence-corrected chi connectivity index (χ0v) is 16.3. The lowest BCUT2D eigenvalue weighted by molar-refractivity contribution is -0.119. The summed E-state index contributed by atoms with van der Waals surface area (Å²) in [5.74, 6) is -0.472.